The van der Waals surface area contributed by atoms with Crippen molar-refractivity contribution < 1.29 is 13.3 Å². The van der Waals surface area contributed by atoms with Crippen molar-refractivity contribution >= 4 is 6.08 Å². The van der Waals surface area contributed by atoms with Crippen molar-refractivity contribution in [1.82, 2.24) is 15.0 Å². The van der Waals surface area contributed by atoms with E-state index in [9.17, 15) is 8.78 Å². The first-order valence-corrected chi connectivity index (χ1v) is 11.7. The van der Waals surface area contributed by atoms with Crippen molar-refractivity contribution in [3.63, 3.8) is 0 Å². The van der Waals surface area contributed by atoms with Gasteiger partial charge < -0.3 is 9.42 Å². The fraction of sp³-hybridized carbons (Fsp3) is 0.407. The van der Waals surface area contributed by atoms with E-state index < -0.39 is 11.6 Å². The van der Waals surface area contributed by atoms with E-state index in [0.717, 1.165) is 25.3 Å². The van der Waals surface area contributed by atoms with Crippen molar-refractivity contribution in [2.75, 3.05) is 14.1 Å². The summed E-state index contributed by atoms with van der Waals surface area (Å²) in [6.45, 7) is 0. The SMILES string of the molecule is CN(C)C(CCc1ccccc1)C1CCC(/C=C/c2nc(-c3ccc(F)cc3F)no2)CC1. The summed E-state index contributed by atoms with van der Waals surface area (Å²) in [6, 6.07) is 14.6. The highest BCUT2D eigenvalue weighted by molar-refractivity contribution is 5.56. The smallest absolute Gasteiger partial charge is 0.250 e. The Morgan fingerprint density at radius 3 is 2.52 bits per heavy atom. The lowest BCUT2D eigenvalue weighted by atomic mass is 9.76. The third-order valence-corrected chi connectivity index (χ3v) is 6.72. The van der Waals surface area contributed by atoms with E-state index in [4.69, 9.17) is 4.52 Å². The Bertz CT molecular complexity index is 1060. The summed E-state index contributed by atoms with van der Waals surface area (Å²) in [5.74, 6) is 0.299. The second-order valence-corrected chi connectivity index (χ2v) is 9.17. The summed E-state index contributed by atoms with van der Waals surface area (Å²) < 4.78 is 32.3. The zero-order valence-corrected chi connectivity index (χ0v) is 19.3. The van der Waals surface area contributed by atoms with Gasteiger partial charge >= 0.3 is 0 Å². The van der Waals surface area contributed by atoms with Crippen molar-refractivity contribution in [1.29, 1.82) is 0 Å². The van der Waals surface area contributed by atoms with Gasteiger partial charge in [0.05, 0.1) is 5.56 Å². The molecule has 1 fully saturated rings. The zero-order chi connectivity index (χ0) is 23.2. The van der Waals surface area contributed by atoms with Gasteiger partial charge in [0.15, 0.2) is 0 Å². The Morgan fingerprint density at radius 2 is 1.82 bits per heavy atom. The molecule has 174 valence electrons. The lowest BCUT2D eigenvalue weighted by molar-refractivity contribution is 0.150. The van der Waals surface area contributed by atoms with E-state index in [0.29, 0.717) is 23.8 Å². The van der Waals surface area contributed by atoms with Crippen LogP contribution in [0.25, 0.3) is 17.5 Å². The van der Waals surface area contributed by atoms with Crippen LogP contribution >= 0.6 is 0 Å². The number of rotatable bonds is 8. The van der Waals surface area contributed by atoms with Gasteiger partial charge in [-0.2, -0.15) is 4.98 Å². The van der Waals surface area contributed by atoms with Gasteiger partial charge in [0.25, 0.3) is 5.89 Å². The molecule has 0 amide bonds. The van der Waals surface area contributed by atoms with Crippen molar-refractivity contribution in [2.45, 2.75) is 44.6 Å². The molecule has 0 spiro atoms. The second kappa shape index (κ2) is 10.8. The maximum Gasteiger partial charge on any atom is 0.250 e. The minimum atomic E-state index is -0.702. The molecule has 0 bridgehead atoms. The number of halogens is 2. The molecule has 0 saturated heterocycles. The lowest BCUT2D eigenvalue weighted by Gasteiger charge is -2.37. The van der Waals surface area contributed by atoms with Crippen LogP contribution in [0.15, 0.2) is 59.1 Å². The van der Waals surface area contributed by atoms with Crippen LogP contribution in [0.5, 0.6) is 0 Å². The summed E-state index contributed by atoms with van der Waals surface area (Å²) in [7, 11) is 4.39. The number of benzene rings is 2. The van der Waals surface area contributed by atoms with E-state index in [1.807, 2.05) is 6.08 Å². The molecule has 0 N–H and O–H groups in total. The van der Waals surface area contributed by atoms with Gasteiger partial charge in [-0.1, -0.05) is 41.6 Å². The summed E-state index contributed by atoms with van der Waals surface area (Å²) in [6.07, 6.45) is 10.9. The van der Waals surface area contributed by atoms with Crippen LogP contribution in [0.1, 0.15) is 43.6 Å². The molecule has 1 aliphatic rings. The fourth-order valence-corrected chi connectivity index (χ4v) is 4.90. The number of allylic oxidation sites excluding steroid dienone is 1. The van der Waals surface area contributed by atoms with E-state index in [1.165, 1.54) is 37.0 Å². The molecule has 1 aliphatic carbocycles. The molecule has 0 aliphatic heterocycles. The van der Waals surface area contributed by atoms with Crippen LogP contribution in [0.4, 0.5) is 8.78 Å². The molecule has 6 heteroatoms. The standard InChI is InChI=1S/C27H31F2N3O/c1-32(2)25(16-10-19-6-4-3-5-7-19)21-12-8-20(9-13-21)11-17-26-30-27(31-33-26)23-15-14-22(28)18-24(23)29/h3-7,11,14-15,17-18,20-21,25H,8-10,12-13,16H2,1-2H3/b17-11+. The van der Waals surface area contributed by atoms with E-state index in [-0.39, 0.29) is 11.4 Å². The van der Waals surface area contributed by atoms with Crippen molar-refractivity contribution in [2.24, 2.45) is 11.8 Å². The van der Waals surface area contributed by atoms with Gasteiger partial charge in [-0.3, -0.25) is 0 Å². The van der Waals surface area contributed by atoms with Gasteiger partial charge in [-0.05, 0) is 88.2 Å². The number of nitrogens with zero attached hydrogens (tertiary/aromatic N) is 3. The normalized spacial score (nSPS) is 19.9. The molecule has 1 heterocycles. The van der Waals surface area contributed by atoms with Crippen LogP contribution in [0.2, 0.25) is 0 Å². The topological polar surface area (TPSA) is 42.2 Å². The summed E-state index contributed by atoms with van der Waals surface area (Å²) >= 11 is 0. The molecule has 1 unspecified atom stereocenters. The molecule has 3 aromatic rings. The minimum absolute atomic E-state index is 0.128. The Morgan fingerprint density at radius 1 is 1.06 bits per heavy atom. The van der Waals surface area contributed by atoms with Gasteiger partial charge in [0.1, 0.15) is 11.6 Å². The third-order valence-electron chi connectivity index (χ3n) is 6.72. The zero-order valence-electron chi connectivity index (χ0n) is 19.3. The Hall–Kier alpha value is -2.86. The van der Waals surface area contributed by atoms with Crippen molar-refractivity contribution in [3.8, 4) is 11.4 Å². The predicted molar refractivity (Wildman–Crippen MR) is 126 cm³/mol. The van der Waals surface area contributed by atoms with Gasteiger partial charge in [-0.25, -0.2) is 8.78 Å². The maximum atomic E-state index is 13.9. The molecular weight excluding hydrogens is 420 g/mol. The molecule has 4 nitrogen and oxygen atoms in total. The number of aryl methyl sites for hydroxylation is 1. The van der Waals surface area contributed by atoms with E-state index >= 15 is 0 Å². The first-order chi connectivity index (χ1) is 16.0. The Kier molecular flexibility index (Phi) is 7.65. The van der Waals surface area contributed by atoms with Crippen LogP contribution in [0.3, 0.4) is 0 Å². The molecule has 1 atom stereocenters. The van der Waals surface area contributed by atoms with Crippen LogP contribution < -0.4 is 0 Å². The lowest BCUT2D eigenvalue weighted by Crippen LogP contribution is -2.37. The van der Waals surface area contributed by atoms with Crippen LogP contribution in [-0.4, -0.2) is 35.2 Å². The summed E-state index contributed by atoms with van der Waals surface area (Å²) in [5, 5.41) is 3.84. The van der Waals surface area contributed by atoms with Crippen molar-refractivity contribution in [3.05, 3.63) is 77.7 Å². The minimum Gasteiger partial charge on any atom is -0.334 e. The highest BCUT2D eigenvalue weighted by atomic mass is 19.1. The largest absolute Gasteiger partial charge is 0.334 e. The molecule has 1 aromatic heterocycles. The highest BCUT2D eigenvalue weighted by Gasteiger charge is 2.28. The average Bonchev–Trinajstić information content (AvgIpc) is 3.28. The first-order valence-electron chi connectivity index (χ1n) is 11.7. The van der Waals surface area contributed by atoms with Gasteiger partial charge in [0.2, 0.25) is 5.82 Å². The molecular formula is C27H31F2N3O. The van der Waals surface area contributed by atoms with Gasteiger partial charge in [0, 0.05) is 12.1 Å². The van der Waals surface area contributed by atoms with Crippen LogP contribution in [-0.2, 0) is 6.42 Å². The summed E-state index contributed by atoms with van der Waals surface area (Å²) in [5.41, 5.74) is 1.53. The van der Waals surface area contributed by atoms with E-state index in [2.05, 4.69) is 65.5 Å². The number of hydrogen-bond acceptors (Lipinski definition) is 4. The first kappa shape index (κ1) is 23.3. The summed E-state index contributed by atoms with van der Waals surface area (Å²) in [4.78, 5) is 6.63. The Labute approximate surface area is 194 Å². The molecule has 0 radical (unpaired) electrons. The quantitative estimate of drug-likeness (QED) is 0.398. The predicted octanol–water partition coefficient (Wildman–Crippen LogP) is 6.40. The highest BCUT2D eigenvalue weighted by Crippen LogP contribution is 2.34. The van der Waals surface area contributed by atoms with E-state index in [1.54, 1.807) is 0 Å². The molecule has 2 aromatic carbocycles. The maximum absolute atomic E-state index is 13.9. The third kappa shape index (κ3) is 6.14. The monoisotopic (exact) mass is 451 g/mol. The fourth-order valence-electron chi connectivity index (χ4n) is 4.90. The number of hydrogen-bond donors (Lipinski definition) is 0. The van der Waals surface area contributed by atoms with Crippen LogP contribution in [0, 0.1) is 23.5 Å². The Balaban J connectivity index is 1.31. The molecule has 4 rings (SSSR count). The number of aromatic nitrogens is 2. The second-order valence-electron chi connectivity index (χ2n) is 9.17. The average molecular weight is 452 g/mol. The molecule has 33 heavy (non-hydrogen) atoms. The molecule has 1 saturated carbocycles. The van der Waals surface area contributed by atoms with Gasteiger partial charge in [-0.15, -0.1) is 0 Å².